The second-order valence-corrected chi connectivity index (χ2v) is 6.29. The monoisotopic (exact) mass is 361 g/mol. The molecule has 5 heteroatoms. The van der Waals surface area contributed by atoms with E-state index in [1.54, 1.807) is 23.1 Å². The lowest BCUT2D eigenvalue weighted by Crippen LogP contribution is -2.43. The topological polar surface area (TPSA) is 63.7 Å². The fourth-order valence-corrected chi connectivity index (χ4v) is 3.53. The minimum atomic E-state index is -1.81. The van der Waals surface area contributed by atoms with Gasteiger partial charge < -0.3 is 14.4 Å². The van der Waals surface area contributed by atoms with Gasteiger partial charge in [-0.3, -0.25) is 9.59 Å². The number of ether oxygens (including phenoxy) is 1. The lowest BCUT2D eigenvalue weighted by molar-refractivity contribution is -0.154. The summed E-state index contributed by atoms with van der Waals surface area (Å²) in [5.74, 6) is -2.19. The second-order valence-electron chi connectivity index (χ2n) is 6.29. The van der Waals surface area contributed by atoms with Crippen molar-refractivity contribution in [2.75, 3.05) is 12.0 Å². The Kier molecular flexibility index (Phi) is 5.06. The summed E-state index contributed by atoms with van der Waals surface area (Å²) < 4.78 is 4.85. The molecule has 2 unspecified atom stereocenters. The number of methoxy groups -OCH3 is 1. The summed E-state index contributed by atoms with van der Waals surface area (Å²) in [7, 11) is 1.19. The van der Waals surface area contributed by atoms with E-state index < -0.39 is 17.3 Å². The van der Waals surface area contributed by atoms with E-state index in [-0.39, 0.29) is 5.91 Å². The van der Waals surface area contributed by atoms with E-state index in [1.165, 1.54) is 13.2 Å². The van der Waals surface area contributed by atoms with E-state index in [0.717, 1.165) is 5.56 Å². The zero-order chi connectivity index (χ0) is 19.4. The number of rotatable bonds is 6. The number of carbonyl (C=O) groups excluding carboxylic acids is 3. The van der Waals surface area contributed by atoms with Gasteiger partial charge in [-0.1, -0.05) is 55.1 Å². The van der Waals surface area contributed by atoms with Crippen LogP contribution >= 0.6 is 0 Å². The summed E-state index contributed by atoms with van der Waals surface area (Å²) in [5.41, 5.74) is 2.89. The molecule has 2 atom stereocenters. The molecule has 27 heavy (non-hydrogen) atoms. The number of fused-ring (bicyclic) bond motifs is 1. The fourth-order valence-electron chi connectivity index (χ4n) is 3.53. The lowest BCUT2D eigenvalue weighted by atomic mass is 9.73. The van der Waals surface area contributed by atoms with Crippen LogP contribution in [0.1, 0.15) is 17.0 Å². The Balaban J connectivity index is 2.14. The first-order valence-electron chi connectivity index (χ1n) is 8.45. The summed E-state index contributed by atoms with van der Waals surface area (Å²) >= 11 is 0. The quantitative estimate of drug-likeness (QED) is 0.343. The fraction of sp³-hybridized carbons (Fsp3) is 0.182. The first-order chi connectivity index (χ1) is 13.1. The van der Waals surface area contributed by atoms with Crippen LogP contribution in [-0.2, 0) is 25.7 Å². The minimum absolute atomic E-state index is 0.334. The van der Waals surface area contributed by atoms with Gasteiger partial charge in [-0.05, 0) is 23.3 Å². The number of benzene rings is 2. The Labute approximate surface area is 157 Å². The average molecular weight is 361 g/mol. The summed E-state index contributed by atoms with van der Waals surface area (Å²) in [6, 6.07) is 16.7. The van der Waals surface area contributed by atoms with Crippen molar-refractivity contribution in [3.05, 3.63) is 84.1 Å². The van der Waals surface area contributed by atoms with Crippen LogP contribution in [0.3, 0.4) is 0 Å². The van der Waals surface area contributed by atoms with Crippen molar-refractivity contribution in [2.45, 2.75) is 12.5 Å². The largest absolute Gasteiger partial charge is 0.468 e. The van der Waals surface area contributed by atoms with Crippen molar-refractivity contribution in [2.24, 2.45) is 5.41 Å². The number of para-hydroxylation sites is 1. The van der Waals surface area contributed by atoms with Crippen LogP contribution < -0.4 is 4.90 Å². The molecule has 2 aromatic carbocycles. The van der Waals surface area contributed by atoms with Crippen LogP contribution in [0.25, 0.3) is 0 Å². The highest BCUT2D eigenvalue weighted by Crippen LogP contribution is 2.48. The molecule has 3 rings (SSSR count). The van der Waals surface area contributed by atoms with Gasteiger partial charge in [-0.2, -0.15) is 0 Å². The smallest absolute Gasteiger partial charge is 0.324 e. The SMILES string of the molecule is C=C=CC(C=O)(C(=O)OC)C1C(=O)N(Cc2ccccc2)c2ccccc21. The number of anilines is 1. The molecule has 2 aromatic rings. The van der Waals surface area contributed by atoms with Crippen molar-refractivity contribution in [3.63, 3.8) is 0 Å². The third-order valence-electron chi connectivity index (χ3n) is 4.79. The zero-order valence-corrected chi connectivity index (χ0v) is 14.9. The van der Waals surface area contributed by atoms with Crippen LogP contribution in [0.15, 0.2) is 73.0 Å². The molecule has 5 nitrogen and oxygen atoms in total. The molecule has 1 amide bonds. The second kappa shape index (κ2) is 7.44. The normalized spacial score (nSPS) is 17.4. The minimum Gasteiger partial charge on any atom is -0.468 e. The molecular formula is C22H19NO4. The molecule has 0 spiro atoms. The molecule has 0 bridgehead atoms. The maximum absolute atomic E-state index is 13.4. The van der Waals surface area contributed by atoms with Gasteiger partial charge in [0.1, 0.15) is 6.29 Å². The third-order valence-corrected chi connectivity index (χ3v) is 4.79. The third kappa shape index (κ3) is 2.98. The number of hydrogen-bond donors (Lipinski definition) is 0. The van der Waals surface area contributed by atoms with Gasteiger partial charge in [0.15, 0.2) is 5.41 Å². The summed E-state index contributed by atoms with van der Waals surface area (Å²) in [6.45, 7) is 3.81. The lowest BCUT2D eigenvalue weighted by Gasteiger charge is -2.27. The number of hydrogen-bond acceptors (Lipinski definition) is 4. The van der Waals surface area contributed by atoms with Crippen molar-refractivity contribution < 1.29 is 19.1 Å². The van der Waals surface area contributed by atoms with Crippen molar-refractivity contribution in [1.82, 2.24) is 0 Å². The molecule has 1 aliphatic heterocycles. The molecule has 136 valence electrons. The van der Waals surface area contributed by atoms with Gasteiger partial charge in [0.05, 0.1) is 19.6 Å². The average Bonchev–Trinajstić information content (AvgIpc) is 2.98. The maximum Gasteiger partial charge on any atom is 0.324 e. The Morgan fingerprint density at radius 1 is 1.22 bits per heavy atom. The standard InChI is InChI=1S/C22H19NO4/c1-3-13-22(15-24,21(26)27-2)19-17-11-7-8-12-18(17)23(20(19)25)14-16-9-5-4-6-10-16/h4-13,15,19H,1,14H2,2H3. The van der Waals surface area contributed by atoms with E-state index in [0.29, 0.717) is 24.1 Å². The summed E-state index contributed by atoms with van der Waals surface area (Å²) in [5, 5.41) is 0. The van der Waals surface area contributed by atoms with Crippen LogP contribution in [0.5, 0.6) is 0 Å². The Morgan fingerprint density at radius 3 is 2.52 bits per heavy atom. The van der Waals surface area contributed by atoms with Crippen LogP contribution in [0, 0.1) is 5.41 Å². The highest BCUT2D eigenvalue weighted by molar-refractivity contribution is 6.12. The van der Waals surface area contributed by atoms with E-state index >= 15 is 0 Å². The van der Waals surface area contributed by atoms with Gasteiger partial charge in [-0.25, -0.2) is 0 Å². The molecule has 0 aliphatic carbocycles. The van der Waals surface area contributed by atoms with E-state index in [1.807, 2.05) is 36.4 Å². The Morgan fingerprint density at radius 2 is 1.89 bits per heavy atom. The first-order valence-corrected chi connectivity index (χ1v) is 8.45. The summed E-state index contributed by atoms with van der Waals surface area (Å²) in [4.78, 5) is 39.5. The van der Waals surface area contributed by atoms with Gasteiger partial charge in [0.2, 0.25) is 5.91 Å². The number of aldehydes is 1. The molecule has 0 aromatic heterocycles. The van der Waals surface area contributed by atoms with Crippen molar-refractivity contribution in [3.8, 4) is 0 Å². The number of amides is 1. The maximum atomic E-state index is 13.4. The number of nitrogens with zero attached hydrogens (tertiary/aromatic N) is 1. The Hall–Kier alpha value is -3.43. The van der Waals surface area contributed by atoms with Crippen LogP contribution in [0.2, 0.25) is 0 Å². The molecule has 0 fully saturated rings. The van der Waals surface area contributed by atoms with Gasteiger partial charge in [0.25, 0.3) is 0 Å². The molecule has 1 aliphatic rings. The predicted octanol–water partition coefficient (Wildman–Crippen LogP) is 3.02. The zero-order valence-electron chi connectivity index (χ0n) is 14.9. The van der Waals surface area contributed by atoms with E-state index in [4.69, 9.17) is 4.74 Å². The van der Waals surface area contributed by atoms with E-state index in [2.05, 4.69) is 12.3 Å². The van der Waals surface area contributed by atoms with Crippen molar-refractivity contribution >= 4 is 23.9 Å². The molecule has 0 saturated heterocycles. The molecule has 0 saturated carbocycles. The van der Waals surface area contributed by atoms with Crippen LogP contribution in [0.4, 0.5) is 5.69 Å². The number of carbonyl (C=O) groups is 3. The first kappa shape index (κ1) is 18.4. The van der Waals surface area contributed by atoms with E-state index in [9.17, 15) is 14.4 Å². The van der Waals surface area contributed by atoms with Gasteiger partial charge in [0, 0.05) is 5.69 Å². The van der Waals surface area contributed by atoms with Gasteiger partial charge in [-0.15, -0.1) is 5.73 Å². The van der Waals surface area contributed by atoms with Crippen molar-refractivity contribution in [1.29, 1.82) is 0 Å². The molecule has 0 N–H and O–H groups in total. The Bertz CT molecular complexity index is 930. The predicted molar refractivity (Wildman–Crippen MR) is 101 cm³/mol. The molecular weight excluding hydrogens is 342 g/mol. The highest BCUT2D eigenvalue weighted by Gasteiger charge is 2.55. The highest BCUT2D eigenvalue weighted by atomic mass is 16.5. The molecule has 0 radical (unpaired) electrons. The van der Waals surface area contributed by atoms with Crippen LogP contribution in [-0.4, -0.2) is 25.3 Å². The summed E-state index contributed by atoms with van der Waals surface area (Å²) in [6.07, 6.45) is 1.67. The number of esters is 1. The van der Waals surface area contributed by atoms with Gasteiger partial charge >= 0.3 is 5.97 Å². The molecule has 1 heterocycles.